The molecule has 4 aromatic rings. The van der Waals surface area contributed by atoms with Crippen LogP contribution in [-0.2, 0) is 4.79 Å². The summed E-state index contributed by atoms with van der Waals surface area (Å²) in [4.78, 5) is 16.2. The molecule has 0 aliphatic rings. The predicted molar refractivity (Wildman–Crippen MR) is 131 cm³/mol. The summed E-state index contributed by atoms with van der Waals surface area (Å²) in [6, 6.07) is 17.4. The number of pyridine rings is 1. The molecule has 6 heteroatoms. The number of thiophene rings is 1. The molecule has 0 atom stereocenters. The van der Waals surface area contributed by atoms with Crippen molar-refractivity contribution >= 4 is 39.3 Å². The van der Waals surface area contributed by atoms with Gasteiger partial charge >= 0.3 is 5.97 Å². The molecule has 4 rings (SSSR count). The molecule has 0 saturated carbocycles. The van der Waals surface area contributed by atoms with Crippen LogP contribution in [0.2, 0.25) is 0 Å². The van der Waals surface area contributed by atoms with Crippen LogP contribution in [0.4, 0.5) is 5.82 Å². The Labute approximate surface area is 190 Å². The van der Waals surface area contributed by atoms with Gasteiger partial charge in [0.25, 0.3) is 0 Å². The number of nitrogen functional groups attached to an aromatic ring is 1. The van der Waals surface area contributed by atoms with Crippen molar-refractivity contribution in [2.75, 3.05) is 5.73 Å². The zero-order valence-electron chi connectivity index (χ0n) is 18.1. The number of hydrogen-bond donors (Lipinski definition) is 2. The average molecular weight is 445 g/mol. The Bertz CT molecular complexity index is 1300. The quantitative estimate of drug-likeness (QED) is 0.329. The number of aliphatic carboxylic acids is 1. The molecule has 0 fully saturated rings. The van der Waals surface area contributed by atoms with Crippen molar-refractivity contribution in [1.29, 1.82) is 0 Å². The van der Waals surface area contributed by atoms with Gasteiger partial charge in [0.05, 0.1) is 0 Å². The largest absolute Gasteiger partial charge is 0.478 e. The number of ether oxygens (including phenoxy) is 1. The van der Waals surface area contributed by atoms with E-state index in [0.717, 1.165) is 38.3 Å². The molecule has 0 radical (unpaired) electrons. The van der Waals surface area contributed by atoms with Gasteiger partial charge in [0.2, 0.25) is 0 Å². The number of para-hydroxylation sites is 1. The minimum absolute atomic E-state index is 0.322. The lowest BCUT2D eigenvalue weighted by Crippen LogP contribution is -2.17. The summed E-state index contributed by atoms with van der Waals surface area (Å²) in [5.74, 6) is 1.00. The summed E-state index contributed by atoms with van der Waals surface area (Å²) in [5, 5.41) is 12.6. The molecule has 32 heavy (non-hydrogen) atoms. The van der Waals surface area contributed by atoms with Crippen molar-refractivity contribution in [3.63, 3.8) is 0 Å². The number of fused-ring (bicyclic) bond motifs is 1. The van der Waals surface area contributed by atoms with Crippen LogP contribution in [0.5, 0.6) is 11.5 Å². The number of carbonyl (C=O) groups is 1. The van der Waals surface area contributed by atoms with Gasteiger partial charge in [-0.2, -0.15) is 0 Å². The van der Waals surface area contributed by atoms with Crippen LogP contribution >= 0.6 is 11.3 Å². The first-order valence-corrected chi connectivity index (χ1v) is 11.1. The summed E-state index contributed by atoms with van der Waals surface area (Å²) in [5.41, 5.74) is 8.77. The maximum Gasteiger partial charge on any atom is 0.332 e. The maximum absolute atomic E-state index is 11.8. The van der Waals surface area contributed by atoms with Crippen molar-refractivity contribution < 1.29 is 14.6 Å². The first kappa shape index (κ1) is 21.6. The van der Waals surface area contributed by atoms with Crippen LogP contribution in [-0.4, -0.2) is 16.1 Å². The molecule has 5 nitrogen and oxygen atoms in total. The minimum Gasteiger partial charge on any atom is -0.478 e. The number of rotatable bonds is 5. The summed E-state index contributed by atoms with van der Waals surface area (Å²) < 4.78 is 6.80. The molecule has 2 aromatic carbocycles. The number of nitrogens with zero attached hydrogens (tertiary/aromatic N) is 1. The van der Waals surface area contributed by atoms with Crippen molar-refractivity contribution in [3.8, 4) is 22.6 Å². The van der Waals surface area contributed by atoms with E-state index in [2.05, 4.69) is 4.98 Å². The van der Waals surface area contributed by atoms with Crippen molar-refractivity contribution in [2.45, 2.75) is 20.8 Å². The molecule has 0 amide bonds. The van der Waals surface area contributed by atoms with E-state index in [9.17, 15) is 9.90 Å². The van der Waals surface area contributed by atoms with E-state index >= 15 is 0 Å². The standard InChI is InChI=1S/C26H24N2O3S/c1-26(2,3)21(25(29)30)13-17-14-28-24(27)22-20(15-32-23(17)22)16-9-11-19(12-10-16)31-18-7-5-4-6-8-18/h4-15H,1-3H3,(H2,27,28)(H,29,30)/b21-13-. The third-order valence-corrected chi connectivity index (χ3v) is 6.16. The molecule has 0 aliphatic carbocycles. The Morgan fingerprint density at radius 2 is 1.72 bits per heavy atom. The highest BCUT2D eigenvalue weighted by atomic mass is 32.1. The number of nitrogens with two attached hydrogens (primary N) is 1. The second-order valence-corrected chi connectivity index (χ2v) is 9.38. The van der Waals surface area contributed by atoms with Crippen LogP contribution in [0.15, 0.2) is 71.7 Å². The number of hydrogen-bond acceptors (Lipinski definition) is 5. The lowest BCUT2D eigenvalue weighted by atomic mass is 9.85. The lowest BCUT2D eigenvalue weighted by Gasteiger charge is -2.19. The molecule has 0 bridgehead atoms. The summed E-state index contributed by atoms with van der Waals surface area (Å²) in [7, 11) is 0. The molecular formula is C26H24N2O3S. The Hall–Kier alpha value is -3.64. The van der Waals surface area contributed by atoms with Gasteiger partial charge in [-0.25, -0.2) is 9.78 Å². The summed E-state index contributed by atoms with van der Waals surface area (Å²) in [6.45, 7) is 5.65. The summed E-state index contributed by atoms with van der Waals surface area (Å²) >= 11 is 1.53. The Kier molecular flexibility index (Phi) is 5.72. The zero-order valence-corrected chi connectivity index (χ0v) is 18.9. The molecule has 162 valence electrons. The number of aromatic nitrogens is 1. The van der Waals surface area contributed by atoms with Crippen molar-refractivity contribution in [2.24, 2.45) is 5.41 Å². The van der Waals surface area contributed by atoms with E-state index < -0.39 is 11.4 Å². The Morgan fingerprint density at radius 3 is 2.34 bits per heavy atom. The van der Waals surface area contributed by atoms with Gasteiger partial charge < -0.3 is 15.6 Å². The molecule has 2 aromatic heterocycles. The fraction of sp³-hybridized carbons (Fsp3) is 0.154. The van der Waals surface area contributed by atoms with E-state index in [1.807, 2.05) is 80.7 Å². The van der Waals surface area contributed by atoms with E-state index in [-0.39, 0.29) is 0 Å². The topological polar surface area (TPSA) is 85.4 Å². The van der Waals surface area contributed by atoms with Crippen molar-refractivity contribution in [1.82, 2.24) is 4.98 Å². The summed E-state index contributed by atoms with van der Waals surface area (Å²) in [6.07, 6.45) is 3.34. The van der Waals surface area contributed by atoms with Gasteiger partial charge in [-0.1, -0.05) is 51.1 Å². The molecular weight excluding hydrogens is 420 g/mol. The Morgan fingerprint density at radius 1 is 1.06 bits per heavy atom. The minimum atomic E-state index is -0.937. The van der Waals surface area contributed by atoms with Crippen LogP contribution in [0.3, 0.4) is 0 Å². The molecule has 3 N–H and O–H groups in total. The van der Waals surface area contributed by atoms with Crippen LogP contribution < -0.4 is 10.5 Å². The van der Waals surface area contributed by atoms with Gasteiger partial charge in [-0.15, -0.1) is 11.3 Å². The van der Waals surface area contributed by atoms with Gasteiger partial charge in [0.15, 0.2) is 0 Å². The fourth-order valence-corrected chi connectivity index (χ4v) is 4.55. The molecule has 0 saturated heterocycles. The number of carboxylic acid groups (broad SMARTS) is 1. The second-order valence-electron chi connectivity index (χ2n) is 8.50. The smallest absolute Gasteiger partial charge is 0.332 e. The predicted octanol–water partition coefficient (Wildman–Crippen LogP) is 6.85. The number of benzene rings is 2. The van der Waals surface area contributed by atoms with E-state index in [1.54, 1.807) is 12.3 Å². The normalized spacial score (nSPS) is 12.2. The zero-order chi connectivity index (χ0) is 22.9. The first-order chi connectivity index (χ1) is 15.2. The third-order valence-electron chi connectivity index (χ3n) is 5.13. The molecule has 0 aliphatic heterocycles. The molecule has 2 heterocycles. The van der Waals surface area contributed by atoms with Crippen molar-refractivity contribution in [3.05, 3.63) is 77.3 Å². The van der Waals surface area contributed by atoms with E-state index in [0.29, 0.717) is 11.4 Å². The lowest BCUT2D eigenvalue weighted by molar-refractivity contribution is -0.133. The van der Waals surface area contributed by atoms with Crippen LogP contribution in [0.25, 0.3) is 27.3 Å². The highest BCUT2D eigenvalue weighted by molar-refractivity contribution is 7.18. The Balaban J connectivity index is 1.74. The van der Waals surface area contributed by atoms with Crippen LogP contribution in [0, 0.1) is 5.41 Å². The van der Waals surface area contributed by atoms with Gasteiger partial charge in [-0.3, -0.25) is 0 Å². The maximum atomic E-state index is 11.8. The van der Waals surface area contributed by atoms with Gasteiger partial charge in [0, 0.05) is 33.0 Å². The molecule has 0 unspecified atom stereocenters. The van der Waals surface area contributed by atoms with Gasteiger partial charge in [0.1, 0.15) is 17.3 Å². The first-order valence-electron chi connectivity index (χ1n) is 10.2. The van der Waals surface area contributed by atoms with E-state index in [4.69, 9.17) is 10.5 Å². The highest BCUT2D eigenvalue weighted by Gasteiger charge is 2.24. The average Bonchev–Trinajstić information content (AvgIpc) is 3.20. The van der Waals surface area contributed by atoms with Crippen LogP contribution in [0.1, 0.15) is 26.3 Å². The van der Waals surface area contributed by atoms with E-state index in [1.165, 1.54) is 11.3 Å². The monoisotopic (exact) mass is 444 g/mol. The second kappa shape index (κ2) is 8.48. The third kappa shape index (κ3) is 4.36. The molecule has 0 spiro atoms. The fourth-order valence-electron chi connectivity index (χ4n) is 3.48. The van der Waals surface area contributed by atoms with Gasteiger partial charge in [-0.05, 0) is 46.7 Å². The number of carboxylic acids is 1. The SMILES string of the molecule is CC(C)(C)/C(=C\c1cnc(N)c2c(-c3ccc(Oc4ccccc4)cc3)csc12)C(=O)O. The highest BCUT2D eigenvalue weighted by Crippen LogP contribution is 2.40. The number of anilines is 1.